The highest BCUT2D eigenvalue weighted by atomic mass is 32.2. The third kappa shape index (κ3) is 4.16. The summed E-state index contributed by atoms with van der Waals surface area (Å²) in [6.07, 6.45) is 0. The van der Waals surface area contributed by atoms with Gasteiger partial charge in [0.2, 0.25) is 0 Å². The lowest BCUT2D eigenvalue weighted by molar-refractivity contribution is -0.0517. The maximum Gasteiger partial charge on any atom is 0.387 e. The van der Waals surface area contributed by atoms with Crippen molar-refractivity contribution in [3.8, 4) is 5.75 Å². The van der Waals surface area contributed by atoms with E-state index in [0.717, 1.165) is 12.1 Å². The predicted molar refractivity (Wildman–Crippen MR) is 77.3 cm³/mol. The van der Waals surface area contributed by atoms with Crippen LogP contribution in [0.1, 0.15) is 10.4 Å². The van der Waals surface area contributed by atoms with E-state index >= 15 is 0 Å². The molecular weight excluding hydrogens is 332 g/mol. The van der Waals surface area contributed by atoms with Gasteiger partial charge in [-0.25, -0.2) is 13.2 Å². The van der Waals surface area contributed by atoms with Crippen LogP contribution in [0.2, 0.25) is 0 Å². The summed E-state index contributed by atoms with van der Waals surface area (Å²) in [4.78, 5) is 10.3. The molecule has 0 bridgehead atoms. The number of anilines is 1. The van der Waals surface area contributed by atoms with Crippen LogP contribution in [0.15, 0.2) is 53.4 Å². The van der Waals surface area contributed by atoms with Crippen molar-refractivity contribution in [2.24, 2.45) is 0 Å². The Morgan fingerprint density at radius 2 is 1.70 bits per heavy atom. The Labute approximate surface area is 130 Å². The molecule has 0 aliphatic carbocycles. The number of alkyl halides is 2. The van der Waals surface area contributed by atoms with E-state index in [0.29, 0.717) is 0 Å². The largest absolute Gasteiger partial charge is 0.478 e. The van der Waals surface area contributed by atoms with Crippen molar-refractivity contribution in [2.75, 3.05) is 4.72 Å². The van der Waals surface area contributed by atoms with Gasteiger partial charge in [0.05, 0.1) is 5.56 Å². The van der Waals surface area contributed by atoms with Gasteiger partial charge in [-0.15, -0.1) is 0 Å². The third-order valence-electron chi connectivity index (χ3n) is 2.74. The first-order chi connectivity index (χ1) is 10.8. The monoisotopic (exact) mass is 343 g/mol. The van der Waals surface area contributed by atoms with Crippen molar-refractivity contribution in [1.82, 2.24) is 0 Å². The molecule has 122 valence electrons. The van der Waals surface area contributed by atoms with Crippen LogP contribution < -0.4 is 9.46 Å². The summed E-state index contributed by atoms with van der Waals surface area (Å²) in [6, 6.07) is 9.86. The molecule has 0 aliphatic heterocycles. The molecule has 23 heavy (non-hydrogen) atoms. The van der Waals surface area contributed by atoms with E-state index in [2.05, 4.69) is 9.46 Å². The molecule has 2 aromatic carbocycles. The van der Waals surface area contributed by atoms with Crippen LogP contribution in [-0.2, 0) is 10.0 Å². The maximum absolute atomic E-state index is 12.3. The average molecular weight is 343 g/mol. The van der Waals surface area contributed by atoms with Crippen molar-refractivity contribution >= 4 is 21.7 Å². The van der Waals surface area contributed by atoms with Crippen LogP contribution in [0.25, 0.3) is 0 Å². The highest BCUT2D eigenvalue weighted by molar-refractivity contribution is 7.92. The number of aromatic carboxylic acids is 1. The lowest BCUT2D eigenvalue weighted by Crippen LogP contribution is -2.15. The Morgan fingerprint density at radius 3 is 2.26 bits per heavy atom. The molecule has 0 aromatic heterocycles. The van der Waals surface area contributed by atoms with Crippen molar-refractivity contribution < 1.29 is 31.8 Å². The maximum atomic E-state index is 12.3. The van der Waals surface area contributed by atoms with Gasteiger partial charge in [-0.1, -0.05) is 12.1 Å². The van der Waals surface area contributed by atoms with Gasteiger partial charge in [0.1, 0.15) is 10.6 Å². The van der Waals surface area contributed by atoms with Gasteiger partial charge in [0, 0.05) is 5.69 Å². The van der Waals surface area contributed by atoms with Crippen LogP contribution in [0, 0.1) is 0 Å². The molecule has 0 unspecified atom stereocenters. The lowest BCUT2D eigenvalue weighted by Gasteiger charge is -2.12. The topological polar surface area (TPSA) is 92.7 Å². The van der Waals surface area contributed by atoms with Crippen LogP contribution in [0.4, 0.5) is 14.5 Å². The third-order valence-corrected chi connectivity index (χ3v) is 4.16. The number of halogens is 2. The SMILES string of the molecule is O=C(O)c1ccc(NS(=O)(=O)c2ccccc2OC(F)F)cc1. The summed E-state index contributed by atoms with van der Waals surface area (Å²) >= 11 is 0. The number of sulfonamides is 1. The minimum atomic E-state index is -4.18. The number of hydrogen-bond donors (Lipinski definition) is 2. The number of hydrogen-bond acceptors (Lipinski definition) is 4. The van der Waals surface area contributed by atoms with Gasteiger partial charge in [-0.2, -0.15) is 8.78 Å². The molecule has 6 nitrogen and oxygen atoms in total. The standard InChI is InChI=1S/C14H11F2NO5S/c15-14(16)22-11-3-1-2-4-12(11)23(20,21)17-10-7-5-9(6-8-10)13(18)19/h1-8,14,17H,(H,18,19). The number of carboxylic acids is 1. The molecular formula is C14H11F2NO5S. The Kier molecular flexibility index (Phi) is 4.80. The molecule has 0 radical (unpaired) electrons. The molecule has 0 fully saturated rings. The molecule has 0 spiro atoms. The summed E-state index contributed by atoms with van der Waals surface area (Å²) in [5.74, 6) is -1.65. The summed E-state index contributed by atoms with van der Waals surface area (Å²) in [6.45, 7) is -3.17. The first kappa shape index (κ1) is 16.7. The number of benzene rings is 2. The van der Waals surface area contributed by atoms with Gasteiger partial charge in [0.25, 0.3) is 10.0 Å². The average Bonchev–Trinajstić information content (AvgIpc) is 2.47. The smallest absolute Gasteiger partial charge is 0.387 e. The van der Waals surface area contributed by atoms with Crippen molar-refractivity contribution in [3.63, 3.8) is 0 Å². The molecule has 9 heteroatoms. The van der Waals surface area contributed by atoms with Crippen LogP contribution >= 0.6 is 0 Å². The van der Waals surface area contributed by atoms with Gasteiger partial charge < -0.3 is 9.84 Å². The lowest BCUT2D eigenvalue weighted by atomic mass is 10.2. The van der Waals surface area contributed by atoms with Gasteiger partial charge >= 0.3 is 12.6 Å². The molecule has 0 aliphatic rings. The quantitative estimate of drug-likeness (QED) is 0.841. The molecule has 0 saturated heterocycles. The Morgan fingerprint density at radius 1 is 1.09 bits per heavy atom. The predicted octanol–water partition coefficient (Wildman–Crippen LogP) is 2.79. The number of rotatable bonds is 6. The zero-order valence-corrected chi connectivity index (χ0v) is 12.3. The van der Waals surface area contributed by atoms with Gasteiger partial charge in [0.15, 0.2) is 0 Å². The van der Waals surface area contributed by atoms with E-state index in [4.69, 9.17) is 5.11 Å². The summed E-state index contributed by atoms with van der Waals surface area (Å²) in [7, 11) is -4.18. The van der Waals surface area contributed by atoms with Gasteiger partial charge in [-0.05, 0) is 36.4 Å². The number of ether oxygens (including phenoxy) is 1. The van der Waals surface area contributed by atoms with Crippen molar-refractivity contribution in [1.29, 1.82) is 0 Å². The van der Waals surface area contributed by atoms with E-state index in [9.17, 15) is 22.0 Å². The zero-order valence-electron chi connectivity index (χ0n) is 11.4. The molecule has 0 atom stereocenters. The van der Waals surface area contributed by atoms with Crippen molar-refractivity contribution in [3.05, 3.63) is 54.1 Å². The summed E-state index contributed by atoms with van der Waals surface area (Å²) in [5, 5.41) is 8.78. The minimum Gasteiger partial charge on any atom is -0.478 e. The molecule has 0 saturated carbocycles. The Balaban J connectivity index is 2.30. The second-order valence-electron chi connectivity index (χ2n) is 4.31. The first-order valence-corrected chi connectivity index (χ1v) is 7.68. The fourth-order valence-corrected chi connectivity index (χ4v) is 2.95. The fourth-order valence-electron chi connectivity index (χ4n) is 1.76. The van der Waals surface area contributed by atoms with Crippen molar-refractivity contribution in [2.45, 2.75) is 11.5 Å². The molecule has 0 heterocycles. The van der Waals surface area contributed by atoms with Crippen LogP contribution in [0.5, 0.6) is 5.75 Å². The molecule has 2 aromatic rings. The van der Waals surface area contributed by atoms with Crippen LogP contribution in [-0.4, -0.2) is 26.1 Å². The molecule has 2 rings (SSSR count). The first-order valence-electron chi connectivity index (χ1n) is 6.19. The number of carboxylic acid groups (broad SMARTS) is 1. The summed E-state index contributed by atoms with van der Waals surface area (Å²) in [5.41, 5.74) is 0.0660. The number of carbonyl (C=O) groups is 1. The normalized spacial score (nSPS) is 11.3. The number of nitrogens with one attached hydrogen (secondary N) is 1. The van der Waals surface area contributed by atoms with Crippen LogP contribution in [0.3, 0.4) is 0 Å². The molecule has 0 amide bonds. The Hall–Kier alpha value is -2.68. The van der Waals surface area contributed by atoms with E-state index in [1.807, 2.05) is 0 Å². The number of para-hydroxylation sites is 1. The molecule has 2 N–H and O–H groups in total. The van der Waals surface area contributed by atoms with Gasteiger partial charge in [-0.3, -0.25) is 4.72 Å². The highest BCUT2D eigenvalue weighted by Gasteiger charge is 2.21. The van der Waals surface area contributed by atoms with E-state index in [1.165, 1.54) is 36.4 Å². The Bertz CT molecular complexity index is 806. The highest BCUT2D eigenvalue weighted by Crippen LogP contribution is 2.27. The second-order valence-corrected chi connectivity index (χ2v) is 5.96. The van der Waals surface area contributed by atoms with E-state index in [1.54, 1.807) is 0 Å². The second kappa shape index (κ2) is 6.61. The zero-order chi connectivity index (χ0) is 17.0. The summed E-state index contributed by atoms with van der Waals surface area (Å²) < 4.78 is 55.6. The van der Waals surface area contributed by atoms with E-state index in [-0.39, 0.29) is 11.3 Å². The van der Waals surface area contributed by atoms with E-state index < -0.39 is 33.2 Å². The minimum absolute atomic E-state index is 0.0191. The fraction of sp³-hybridized carbons (Fsp3) is 0.0714.